The molecule has 0 spiro atoms. The van der Waals surface area contributed by atoms with Crippen molar-refractivity contribution < 1.29 is 9.59 Å². The maximum Gasteiger partial charge on any atom is 0.317 e. The van der Waals surface area contributed by atoms with Crippen LogP contribution in [0.1, 0.15) is 39.0 Å². The van der Waals surface area contributed by atoms with E-state index in [4.69, 9.17) is 5.73 Å². The van der Waals surface area contributed by atoms with Crippen molar-refractivity contribution in [1.82, 2.24) is 15.1 Å². The molecule has 6 nitrogen and oxygen atoms in total. The molecule has 1 aliphatic rings. The van der Waals surface area contributed by atoms with Crippen LogP contribution in [0, 0.1) is 0 Å². The minimum Gasteiger partial charge on any atom is -0.339 e. The van der Waals surface area contributed by atoms with Gasteiger partial charge in [-0.25, -0.2) is 4.79 Å². The third-order valence-electron chi connectivity index (χ3n) is 3.59. The standard InChI is InChI=1S/C14H28N4O2/c1-2-16-14(20)18-11-9-17(10-12-18)13(19)7-5-3-4-6-8-15/h2-12,15H2,1H3,(H,16,20). The van der Waals surface area contributed by atoms with Crippen molar-refractivity contribution in [1.29, 1.82) is 0 Å². The first-order chi connectivity index (χ1) is 9.69. The van der Waals surface area contributed by atoms with Crippen molar-refractivity contribution in [2.45, 2.75) is 39.0 Å². The van der Waals surface area contributed by atoms with Crippen molar-refractivity contribution in [2.75, 3.05) is 39.3 Å². The normalized spacial score (nSPS) is 15.3. The molecule has 0 unspecified atom stereocenters. The van der Waals surface area contributed by atoms with Gasteiger partial charge in [0.2, 0.25) is 5.91 Å². The lowest BCUT2D eigenvalue weighted by Gasteiger charge is -2.34. The Morgan fingerprint density at radius 2 is 1.60 bits per heavy atom. The number of nitrogens with one attached hydrogen (secondary N) is 1. The summed E-state index contributed by atoms with van der Waals surface area (Å²) in [6.45, 7) is 5.84. The topological polar surface area (TPSA) is 78.7 Å². The summed E-state index contributed by atoms with van der Waals surface area (Å²) in [5.41, 5.74) is 5.43. The first kappa shape index (κ1) is 16.8. The summed E-state index contributed by atoms with van der Waals surface area (Å²) in [6, 6.07) is -0.0265. The van der Waals surface area contributed by atoms with Gasteiger partial charge in [0.15, 0.2) is 0 Å². The number of nitrogens with zero attached hydrogens (tertiary/aromatic N) is 2. The smallest absolute Gasteiger partial charge is 0.317 e. The Balaban J connectivity index is 2.17. The van der Waals surface area contributed by atoms with Crippen LogP contribution in [-0.4, -0.2) is 61.0 Å². The number of rotatable bonds is 7. The second-order valence-corrected chi connectivity index (χ2v) is 5.16. The van der Waals surface area contributed by atoms with Gasteiger partial charge in [-0.15, -0.1) is 0 Å². The van der Waals surface area contributed by atoms with E-state index in [9.17, 15) is 9.59 Å². The fraction of sp³-hybridized carbons (Fsp3) is 0.857. The van der Waals surface area contributed by atoms with E-state index >= 15 is 0 Å². The van der Waals surface area contributed by atoms with Gasteiger partial charge < -0.3 is 20.9 Å². The molecule has 3 N–H and O–H groups in total. The first-order valence-corrected chi connectivity index (χ1v) is 7.69. The van der Waals surface area contributed by atoms with Crippen molar-refractivity contribution >= 4 is 11.9 Å². The van der Waals surface area contributed by atoms with Crippen molar-refractivity contribution in [3.8, 4) is 0 Å². The van der Waals surface area contributed by atoms with E-state index in [1.54, 1.807) is 4.90 Å². The number of hydrogen-bond donors (Lipinski definition) is 2. The van der Waals surface area contributed by atoms with E-state index in [1.807, 2.05) is 11.8 Å². The summed E-state index contributed by atoms with van der Waals surface area (Å²) < 4.78 is 0. The van der Waals surface area contributed by atoms with Gasteiger partial charge in [-0.3, -0.25) is 4.79 Å². The molecular weight excluding hydrogens is 256 g/mol. The summed E-state index contributed by atoms with van der Waals surface area (Å²) in [5, 5.41) is 2.79. The first-order valence-electron chi connectivity index (χ1n) is 7.69. The van der Waals surface area contributed by atoms with E-state index in [2.05, 4.69) is 5.32 Å². The molecule has 0 saturated carbocycles. The number of hydrogen-bond acceptors (Lipinski definition) is 3. The number of urea groups is 1. The number of piperazine rings is 1. The second kappa shape index (κ2) is 9.58. The SMILES string of the molecule is CCNC(=O)N1CCN(C(=O)CCCCCCN)CC1. The zero-order valence-electron chi connectivity index (χ0n) is 12.6. The van der Waals surface area contributed by atoms with Crippen molar-refractivity contribution in [2.24, 2.45) is 5.73 Å². The minimum absolute atomic E-state index is 0.0265. The number of carbonyl (C=O) groups is 2. The molecule has 0 radical (unpaired) electrons. The van der Waals surface area contributed by atoms with Crippen molar-refractivity contribution in [3.05, 3.63) is 0 Å². The van der Waals surface area contributed by atoms with E-state index < -0.39 is 0 Å². The molecule has 1 aliphatic heterocycles. The lowest BCUT2D eigenvalue weighted by molar-refractivity contribution is -0.132. The lowest BCUT2D eigenvalue weighted by Crippen LogP contribution is -2.53. The van der Waals surface area contributed by atoms with Crippen LogP contribution in [0.3, 0.4) is 0 Å². The highest BCUT2D eigenvalue weighted by atomic mass is 16.2. The van der Waals surface area contributed by atoms with E-state index in [-0.39, 0.29) is 11.9 Å². The molecule has 6 heteroatoms. The molecule has 1 saturated heterocycles. The number of unbranched alkanes of at least 4 members (excludes halogenated alkanes) is 3. The number of carbonyl (C=O) groups excluding carboxylic acids is 2. The molecule has 3 amide bonds. The van der Waals surface area contributed by atoms with Gasteiger partial charge in [-0.05, 0) is 26.3 Å². The van der Waals surface area contributed by atoms with Gasteiger partial charge in [-0.2, -0.15) is 0 Å². The van der Waals surface area contributed by atoms with E-state index in [1.165, 1.54) is 0 Å². The van der Waals surface area contributed by atoms with Crippen LogP contribution < -0.4 is 11.1 Å². The zero-order valence-corrected chi connectivity index (χ0v) is 12.6. The average molecular weight is 284 g/mol. The molecule has 0 atom stereocenters. The Hall–Kier alpha value is -1.30. The van der Waals surface area contributed by atoms with Gasteiger partial charge in [0.1, 0.15) is 0 Å². The summed E-state index contributed by atoms with van der Waals surface area (Å²) in [5.74, 6) is 0.216. The van der Waals surface area contributed by atoms with Crippen LogP contribution in [0.2, 0.25) is 0 Å². The van der Waals surface area contributed by atoms with Gasteiger partial charge in [0.05, 0.1) is 0 Å². The van der Waals surface area contributed by atoms with E-state index in [0.29, 0.717) is 39.1 Å². The van der Waals surface area contributed by atoms with Crippen LogP contribution in [0.5, 0.6) is 0 Å². The van der Waals surface area contributed by atoms with Crippen LogP contribution in [0.25, 0.3) is 0 Å². The molecule has 0 aliphatic carbocycles. The number of amides is 3. The Labute approximate surface area is 121 Å². The molecule has 1 fully saturated rings. The van der Waals surface area contributed by atoms with Crippen LogP contribution >= 0.6 is 0 Å². The Morgan fingerprint density at radius 1 is 1.00 bits per heavy atom. The summed E-state index contributed by atoms with van der Waals surface area (Å²) in [6.07, 6.45) is 4.77. The second-order valence-electron chi connectivity index (χ2n) is 5.16. The molecule has 0 aromatic heterocycles. The maximum absolute atomic E-state index is 12.0. The van der Waals surface area contributed by atoms with Crippen LogP contribution in [0.15, 0.2) is 0 Å². The third-order valence-corrected chi connectivity index (χ3v) is 3.59. The molecule has 0 bridgehead atoms. The Morgan fingerprint density at radius 3 is 2.20 bits per heavy atom. The van der Waals surface area contributed by atoms with E-state index in [0.717, 1.165) is 32.2 Å². The van der Waals surface area contributed by atoms with Crippen LogP contribution in [-0.2, 0) is 4.79 Å². The summed E-state index contributed by atoms with van der Waals surface area (Å²) >= 11 is 0. The van der Waals surface area contributed by atoms with Crippen LogP contribution in [0.4, 0.5) is 4.79 Å². The molecule has 116 valence electrons. The largest absolute Gasteiger partial charge is 0.339 e. The lowest BCUT2D eigenvalue weighted by atomic mass is 10.1. The monoisotopic (exact) mass is 284 g/mol. The van der Waals surface area contributed by atoms with Crippen molar-refractivity contribution in [3.63, 3.8) is 0 Å². The molecule has 20 heavy (non-hydrogen) atoms. The van der Waals surface area contributed by atoms with Gasteiger partial charge in [-0.1, -0.05) is 12.8 Å². The average Bonchev–Trinajstić information content (AvgIpc) is 2.47. The summed E-state index contributed by atoms with van der Waals surface area (Å²) in [4.78, 5) is 27.3. The van der Waals surface area contributed by atoms with Gasteiger partial charge in [0, 0.05) is 39.1 Å². The minimum atomic E-state index is -0.0265. The predicted octanol–water partition coefficient (Wildman–Crippen LogP) is 0.769. The molecule has 0 aromatic rings. The van der Waals surface area contributed by atoms with Gasteiger partial charge >= 0.3 is 6.03 Å². The molecule has 0 aromatic carbocycles. The quantitative estimate of drug-likeness (QED) is 0.678. The van der Waals surface area contributed by atoms with Gasteiger partial charge in [0.25, 0.3) is 0 Å². The zero-order chi connectivity index (χ0) is 14.8. The molecule has 1 rings (SSSR count). The number of nitrogens with two attached hydrogens (primary N) is 1. The molecular formula is C14H28N4O2. The Bertz CT molecular complexity index is 302. The highest BCUT2D eigenvalue weighted by Gasteiger charge is 2.23. The highest BCUT2D eigenvalue weighted by Crippen LogP contribution is 2.08. The predicted molar refractivity (Wildman–Crippen MR) is 79.4 cm³/mol. The highest BCUT2D eigenvalue weighted by molar-refractivity contribution is 5.77. The Kier molecular flexibility index (Phi) is 8.02. The molecule has 1 heterocycles. The maximum atomic E-state index is 12.0. The fourth-order valence-electron chi connectivity index (χ4n) is 2.35. The third kappa shape index (κ3) is 5.77. The summed E-state index contributed by atoms with van der Waals surface area (Å²) in [7, 11) is 0. The fourth-order valence-corrected chi connectivity index (χ4v) is 2.35.